The zero-order valence-electron chi connectivity index (χ0n) is 12.7. The number of nitrogens with one attached hydrogen (secondary N) is 1. The third-order valence-corrected chi connectivity index (χ3v) is 4.67. The van der Waals surface area contributed by atoms with Crippen LogP contribution in [0.3, 0.4) is 0 Å². The third kappa shape index (κ3) is 2.77. The van der Waals surface area contributed by atoms with Crippen molar-refractivity contribution < 1.29 is 9.21 Å². The van der Waals surface area contributed by atoms with Crippen molar-refractivity contribution in [2.75, 3.05) is 0 Å². The van der Waals surface area contributed by atoms with Crippen molar-refractivity contribution in [1.82, 2.24) is 10.3 Å². The average molecular weight is 292 g/mol. The molecule has 0 aliphatic carbocycles. The highest BCUT2D eigenvalue weighted by Gasteiger charge is 2.28. The number of hydrogen-bond acceptors (Lipinski definition) is 4. The van der Waals surface area contributed by atoms with Gasteiger partial charge in [0.25, 0.3) is 5.91 Å². The highest BCUT2D eigenvalue weighted by molar-refractivity contribution is 7.11. The van der Waals surface area contributed by atoms with Crippen LogP contribution in [-0.4, -0.2) is 10.9 Å². The van der Waals surface area contributed by atoms with Gasteiger partial charge in [-0.15, -0.1) is 11.3 Å². The number of aromatic nitrogens is 1. The van der Waals surface area contributed by atoms with E-state index in [1.54, 1.807) is 24.3 Å². The minimum absolute atomic E-state index is 0.130. The fourth-order valence-electron chi connectivity index (χ4n) is 2.00. The van der Waals surface area contributed by atoms with Crippen LogP contribution in [0.1, 0.15) is 51.3 Å². The van der Waals surface area contributed by atoms with Gasteiger partial charge in [0.1, 0.15) is 16.5 Å². The van der Waals surface area contributed by atoms with E-state index in [0.717, 1.165) is 16.5 Å². The molecule has 108 valence electrons. The molecular weight excluding hydrogens is 272 g/mol. The maximum Gasteiger partial charge on any atom is 0.255 e. The molecule has 0 unspecified atom stereocenters. The Labute approximate surface area is 123 Å². The molecule has 2 aromatic heterocycles. The van der Waals surface area contributed by atoms with Gasteiger partial charge in [-0.1, -0.05) is 0 Å². The lowest BCUT2D eigenvalue weighted by molar-refractivity contribution is 0.0910. The summed E-state index contributed by atoms with van der Waals surface area (Å²) in [5.41, 5.74) is 1.10. The second-order valence-electron chi connectivity index (χ2n) is 5.57. The summed E-state index contributed by atoms with van der Waals surface area (Å²) in [6, 6.07) is 1.76. The Bertz CT molecular complexity index is 633. The molecule has 4 nitrogen and oxygen atoms in total. The molecule has 0 saturated carbocycles. The standard InChI is InChI=1S/C15H20N2O2S/c1-8-7-12(10(3)19-8)13(18)17-15(5,6)14-16-9(2)11(4)20-14/h7H,1-6H3,(H,17,18). The van der Waals surface area contributed by atoms with E-state index in [2.05, 4.69) is 10.3 Å². The zero-order valence-corrected chi connectivity index (χ0v) is 13.6. The fraction of sp³-hybridized carbons (Fsp3) is 0.467. The molecular formula is C15H20N2O2S. The van der Waals surface area contributed by atoms with Crippen molar-refractivity contribution in [1.29, 1.82) is 0 Å². The summed E-state index contributed by atoms with van der Waals surface area (Å²) >= 11 is 1.62. The summed E-state index contributed by atoms with van der Waals surface area (Å²) in [6.45, 7) is 11.6. The number of furan rings is 1. The van der Waals surface area contributed by atoms with Crippen LogP contribution in [0.4, 0.5) is 0 Å². The molecule has 1 N–H and O–H groups in total. The molecule has 2 heterocycles. The first-order valence-corrected chi connectivity index (χ1v) is 7.36. The molecule has 0 saturated heterocycles. The minimum atomic E-state index is -0.502. The van der Waals surface area contributed by atoms with Gasteiger partial charge in [0, 0.05) is 4.88 Å². The number of aryl methyl sites for hydroxylation is 4. The van der Waals surface area contributed by atoms with Gasteiger partial charge < -0.3 is 9.73 Å². The third-order valence-electron chi connectivity index (χ3n) is 3.27. The highest BCUT2D eigenvalue weighted by atomic mass is 32.1. The summed E-state index contributed by atoms with van der Waals surface area (Å²) in [5, 5.41) is 3.95. The highest BCUT2D eigenvalue weighted by Crippen LogP contribution is 2.28. The Morgan fingerprint density at radius 1 is 1.30 bits per heavy atom. The lowest BCUT2D eigenvalue weighted by Crippen LogP contribution is -2.41. The van der Waals surface area contributed by atoms with Gasteiger partial charge in [-0.3, -0.25) is 4.79 Å². The normalized spacial score (nSPS) is 11.7. The van der Waals surface area contributed by atoms with Crippen molar-refractivity contribution in [2.45, 2.75) is 47.1 Å². The van der Waals surface area contributed by atoms with E-state index in [-0.39, 0.29) is 5.91 Å². The predicted molar refractivity (Wildman–Crippen MR) is 80.3 cm³/mol. The second kappa shape index (κ2) is 5.05. The molecule has 20 heavy (non-hydrogen) atoms. The Morgan fingerprint density at radius 3 is 2.40 bits per heavy atom. The van der Waals surface area contributed by atoms with E-state index in [1.165, 1.54) is 4.88 Å². The van der Waals surface area contributed by atoms with Gasteiger partial charge in [-0.25, -0.2) is 4.98 Å². The molecule has 0 aromatic carbocycles. The number of carbonyl (C=O) groups excluding carboxylic acids is 1. The van der Waals surface area contributed by atoms with Crippen LogP contribution in [0.25, 0.3) is 0 Å². The molecule has 2 aromatic rings. The zero-order chi connectivity index (χ0) is 15.1. The number of amides is 1. The van der Waals surface area contributed by atoms with Gasteiger partial charge in [-0.05, 0) is 47.6 Å². The van der Waals surface area contributed by atoms with Crippen molar-refractivity contribution in [2.24, 2.45) is 0 Å². The van der Waals surface area contributed by atoms with Crippen LogP contribution in [0.2, 0.25) is 0 Å². The van der Waals surface area contributed by atoms with E-state index in [4.69, 9.17) is 4.42 Å². The molecule has 0 aliphatic heterocycles. The van der Waals surface area contributed by atoms with E-state index >= 15 is 0 Å². The molecule has 0 spiro atoms. The lowest BCUT2D eigenvalue weighted by atomic mass is 10.1. The van der Waals surface area contributed by atoms with Crippen molar-refractivity contribution in [3.05, 3.63) is 38.7 Å². The monoisotopic (exact) mass is 292 g/mol. The van der Waals surface area contributed by atoms with Crippen molar-refractivity contribution >= 4 is 17.2 Å². The van der Waals surface area contributed by atoms with Gasteiger partial charge >= 0.3 is 0 Å². The number of nitrogens with zero attached hydrogens (tertiary/aromatic N) is 1. The Kier molecular flexibility index (Phi) is 3.73. The Balaban J connectivity index is 2.23. The van der Waals surface area contributed by atoms with Crippen LogP contribution in [0.5, 0.6) is 0 Å². The fourth-order valence-corrected chi connectivity index (χ4v) is 2.97. The van der Waals surface area contributed by atoms with E-state index in [0.29, 0.717) is 11.3 Å². The summed E-state index contributed by atoms with van der Waals surface area (Å²) < 4.78 is 5.41. The first-order chi connectivity index (χ1) is 9.20. The summed E-state index contributed by atoms with van der Waals surface area (Å²) in [5.74, 6) is 1.25. The van der Waals surface area contributed by atoms with Gasteiger partial charge in [0.2, 0.25) is 0 Å². The number of hydrogen-bond donors (Lipinski definition) is 1. The van der Waals surface area contributed by atoms with Crippen LogP contribution in [0.15, 0.2) is 10.5 Å². The van der Waals surface area contributed by atoms with E-state index < -0.39 is 5.54 Å². The smallest absolute Gasteiger partial charge is 0.255 e. The molecule has 0 radical (unpaired) electrons. The minimum Gasteiger partial charge on any atom is -0.466 e. The molecule has 1 amide bonds. The summed E-state index contributed by atoms with van der Waals surface area (Å²) in [7, 11) is 0. The van der Waals surface area contributed by atoms with Crippen molar-refractivity contribution in [3.8, 4) is 0 Å². The molecule has 0 atom stereocenters. The van der Waals surface area contributed by atoms with Crippen molar-refractivity contribution in [3.63, 3.8) is 0 Å². The predicted octanol–water partition coefficient (Wildman–Crippen LogP) is 3.63. The van der Waals surface area contributed by atoms with Crippen LogP contribution >= 0.6 is 11.3 Å². The quantitative estimate of drug-likeness (QED) is 0.939. The van der Waals surface area contributed by atoms with Crippen LogP contribution in [-0.2, 0) is 5.54 Å². The number of carbonyl (C=O) groups is 1. The Hall–Kier alpha value is -1.62. The largest absolute Gasteiger partial charge is 0.466 e. The SMILES string of the molecule is Cc1cc(C(=O)NC(C)(C)c2nc(C)c(C)s2)c(C)o1. The van der Waals surface area contributed by atoms with Crippen LogP contribution in [0, 0.1) is 27.7 Å². The number of thiazole rings is 1. The second-order valence-corrected chi connectivity index (χ2v) is 6.77. The van der Waals surface area contributed by atoms with E-state index in [9.17, 15) is 4.79 Å². The molecule has 0 bridgehead atoms. The maximum absolute atomic E-state index is 12.4. The first-order valence-electron chi connectivity index (χ1n) is 6.55. The average Bonchev–Trinajstić information content (AvgIpc) is 2.82. The number of rotatable bonds is 3. The van der Waals surface area contributed by atoms with E-state index in [1.807, 2.05) is 34.6 Å². The lowest BCUT2D eigenvalue weighted by Gasteiger charge is -2.23. The molecule has 0 aliphatic rings. The van der Waals surface area contributed by atoms with Gasteiger partial charge in [0.05, 0.1) is 16.8 Å². The topological polar surface area (TPSA) is 55.1 Å². The maximum atomic E-state index is 12.4. The molecule has 2 rings (SSSR count). The first kappa shape index (κ1) is 14.8. The van der Waals surface area contributed by atoms with Gasteiger partial charge in [-0.2, -0.15) is 0 Å². The summed E-state index contributed by atoms with van der Waals surface area (Å²) in [6.07, 6.45) is 0. The molecule has 5 heteroatoms. The molecule has 0 fully saturated rings. The van der Waals surface area contributed by atoms with Gasteiger partial charge in [0.15, 0.2) is 0 Å². The Morgan fingerprint density at radius 2 is 1.95 bits per heavy atom. The van der Waals surface area contributed by atoms with Crippen LogP contribution < -0.4 is 5.32 Å². The summed E-state index contributed by atoms with van der Waals surface area (Å²) in [4.78, 5) is 18.1.